The molecular formula is C31H34Cl2N2O8. The van der Waals surface area contributed by atoms with E-state index in [0.717, 1.165) is 42.8 Å². The number of aliphatic carboxylic acids is 1. The maximum Gasteiger partial charge on any atom is 0.328 e. The summed E-state index contributed by atoms with van der Waals surface area (Å²) >= 11 is 5.85. The zero-order valence-corrected chi connectivity index (χ0v) is 25.4. The van der Waals surface area contributed by atoms with Gasteiger partial charge >= 0.3 is 5.97 Å². The van der Waals surface area contributed by atoms with Crippen molar-refractivity contribution in [2.24, 2.45) is 0 Å². The van der Waals surface area contributed by atoms with Gasteiger partial charge in [-0.3, -0.25) is 9.69 Å². The molecule has 0 spiro atoms. The monoisotopic (exact) mass is 632 g/mol. The molecule has 2 aliphatic heterocycles. The second kappa shape index (κ2) is 16.5. The number of carbonyl (C=O) groups excluding carboxylic acids is 1. The maximum absolute atomic E-state index is 12.4. The van der Waals surface area contributed by atoms with E-state index in [9.17, 15) is 9.59 Å². The first-order chi connectivity index (χ1) is 20.3. The number of fused-ring (bicyclic) bond motifs is 1. The average Bonchev–Trinajstić information content (AvgIpc) is 3.48. The van der Waals surface area contributed by atoms with Gasteiger partial charge in [-0.2, -0.15) is 0 Å². The first-order valence-corrected chi connectivity index (χ1v) is 13.6. The lowest BCUT2D eigenvalue weighted by molar-refractivity contribution is -0.135. The van der Waals surface area contributed by atoms with Crippen LogP contribution in [0.4, 0.5) is 0 Å². The molecule has 0 aromatic heterocycles. The van der Waals surface area contributed by atoms with Crippen molar-refractivity contribution < 1.29 is 38.4 Å². The highest BCUT2D eigenvalue weighted by Gasteiger charge is 2.22. The molecule has 43 heavy (non-hydrogen) atoms. The Kier molecular flexibility index (Phi) is 12.8. The topological polar surface area (TPSA) is 107 Å². The van der Waals surface area contributed by atoms with Crippen LogP contribution in [0, 0.1) is 0 Å². The van der Waals surface area contributed by atoms with Gasteiger partial charge in [0.15, 0.2) is 29.6 Å². The molecule has 1 N–H and O–H groups in total. The van der Waals surface area contributed by atoms with Crippen LogP contribution in [0.2, 0.25) is 5.02 Å². The van der Waals surface area contributed by atoms with E-state index < -0.39 is 5.97 Å². The second-order valence-electron chi connectivity index (χ2n) is 9.37. The molecule has 0 aliphatic carbocycles. The molecule has 3 aromatic carbocycles. The quantitative estimate of drug-likeness (QED) is 0.326. The third kappa shape index (κ3) is 9.99. The lowest BCUT2D eigenvalue weighted by Gasteiger charge is -2.34. The molecule has 10 nitrogen and oxygen atoms in total. The van der Waals surface area contributed by atoms with Gasteiger partial charge in [0.05, 0.1) is 14.2 Å². The molecule has 0 radical (unpaired) electrons. The SMILES string of the molecule is COc1ccc(C=CC(=O)O)cc1OC.Cl.O=C(COc1ccc(Cl)cc1)N1CCN(Cc2ccc3c(c2)OCO3)CC1. The number of halogens is 2. The number of piperazine rings is 1. The third-order valence-electron chi connectivity index (χ3n) is 6.57. The maximum atomic E-state index is 12.4. The first-order valence-electron chi connectivity index (χ1n) is 13.2. The average molecular weight is 634 g/mol. The summed E-state index contributed by atoms with van der Waals surface area (Å²) in [6.07, 6.45) is 2.56. The molecule has 2 heterocycles. The molecule has 230 valence electrons. The Morgan fingerprint density at radius 2 is 1.60 bits per heavy atom. The van der Waals surface area contributed by atoms with Crippen LogP contribution >= 0.6 is 24.0 Å². The number of nitrogens with zero attached hydrogens (tertiary/aromatic N) is 2. The molecule has 12 heteroatoms. The van der Waals surface area contributed by atoms with E-state index in [1.807, 2.05) is 17.0 Å². The van der Waals surface area contributed by atoms with Crippen molar-refractivity contribution in [3.8, 4) is 28.7 Å². The van der Waals surface area contributed by atoms with Crippen LogP contribution in [0.15, 0.2) is 66.7 Å². The largest absolute Gasteiger partial charge is 0.493 e. The Bertz CT molecular complexity index is 1390. The van der Waals surface area contributed by atoms with Gasteiger partial charge < -0.3 is 33.7 Å². The molecule has 0 saturated carbocycles. The summed E-state index contributed by atoms with van der Waals surface area (Å²) in [5.41, 5.74) is 1.93. The number of methoxy groups -OCH3 is 2. The lowest BCUT2D eigenvalue weighted by Crippen LogP contribution is -2.49. The molecule has 0 unspecified atom stereocenters. The predicted octanol–water partition coefficient (Wildman–Crippen LogP) is 5.02. The number of carboxylic acid groups (broad SMARTS) is 1. The number of carboxylic acids is 1. The standard InChI is InChI=1S/C20H21ClN2O4.C11H12O4.ClH/c21-16-2-4-17(5-3-16)25-13-20(24)23-9-7-22(8-10-23)12-15-1-6-18-19(11-15)27-14-26-18;1-14-9-5-3-8(4-6-11(12)13)7-10(9)15-2;/h1-6,11H,7-10,12-14H2;3-7H,1-2H3,(H,12,13);1H. The minimum absolute atomic E-state index is 0. The number of hydrogen-bond donors (Lipinski definition) is 1. The van der Waals surface area contributed by atoms with Gasteiger partial charge in [-0.25, -0.2) is 4.79 Å². The van der Waals surface area contributed by atoms with E-state index in [0.29, 0.717) is 35.4 Å². The molecule has 5 rings (SSSR count). The summed E-state index contributed by atoms with van der Waals surface area (Å²) in [7, 11) is 3.08. The second-order valence-corrected chi connectivity index (χ2v) is 9.81. The Morgan fingerprint density at radius 3 is 2.28 bits per heavy atom. The van der Waals surface area contributed by atoms with Crippen LogP contribution in [0.1, 0.15) is 11.1 Å². The van der Waals surface area contributed by atoms with Gasteiger partial charge in [0.25, 0.3) is 5.91 Å². The fraction of sp³-hybridized carbons (Fsp3) is 0.290. The first kappa shape index (κ1) is 33.4. The van der Waals surface area contributed by atoms with Crippen molar-refractivity contribution in [2.45, 2.75) is 6.54 Å². The van der Waals surface area contributed by atoms with E-state index in [2.05, 4.69) is 11.0 Å². The predicted molar refractivity (Wildman–Crippen MR) is 165 cm³/mol. The van der Waals surface area contributed by atoms with Crippen molar-refractivity contribution >= 4 is 42.0 Å². The van der Waals surface area contributed by atoms with Crippen LogP contribution in [-0.2, 0) is 16.1 Å². The van der Waals surface area contributed by atoms with Crippen LogP contribution in [0.25, 0.3) is 6.08 Å². The van der Waals surface area contributed by atoms with Crippen molar-refractivity contribution in [3.05, 3.63) is 82.9 Å². The summed E-state index contributed by atoms with van der Waals surface area (Å²) in [5.74, 6) is 2.47. The van der Waals surface area contributed by atoms with Gasteiger partial charge in [0, 0.05) is 43.8 Å². The zero-order valence-electron chi connectivity index (χ0n) is 23.9. The Hall–Kier alpha value is -4.12. The highest BCUT2D eigenvalue weighted by Crippen LogP contribution is 2.33. The minimum Gasteiger partial charge on any atom is -0.493 e. The van der Waals surface area contributed by atoms with Crippen molar-refractivity contribution in [1.82, 2.24) is 9.80 Å². The van der Waals surface area contributed by atoms with E-state index in [1.54, 1.807) is 49.6 Å². The van der Waals surface area contributed by atoms with Gasteiger partial charge in [0.2, 0.25) is 6.79 Å². The van der Waals surface area contributed by atoms with Crippen molar-refractivity contribution in [3.63, 3.8) is 0 Å². The number of ether oxygens (including phenoxy) is 5. The van der Waals surface area contributed by atoms with E-state index >= 15 is 0 Å². The number of rotatable bonds is 9. The molecular weight excluding hydrogens is 599 g/mol. The van der Waals surface area contributed by atoms with E-state index in [1.165, 1.54) is 18.7 Å². The molecule has 2 aliphatic rings. The van der Waals surface area contributed by atoms with Crippen LogP contribution < -0.4 is 23.7 Å². The number of amides is 1. The molecule has 0 bridgehead atoms. The lowest BCUT2D eigenvalue weighted by atomic mass is 10.1. The summed E-state index contributed by atoms with van der Waals surface area (Å²) in [4.78, 5) is 26.9. The van der Waals surface area contributed by atoms with Gasteiger partial charge in [0.1, 0.15) is 5.75 Å². The van der Waals surface area contributed by atoms with Crippen LogP contribution in [0.5, 0.6) is 28.7 Å². The zero-order chi connectivity index (χ0) is 29.9. The van der Waals surface area contributed by atoms with E-state index in [4.69, 9.17) is 40.4 Å². The third-order valence-corrected chi connectivity index (χ3v) is 6.82. The Morgan fingerprint density at radius 1 is 0.907 bits per heavy atom. The Balaban J connectivity index is 0.000000271. The van der Waals surface area contributed by atoms with Gasteiger partial charge in [-0.15, -0.1) is 12.4 Å². The summed E-state index contributed by atoms with van der Waals surface area (Å²) in [6.45, 7) is 4.24. The Labute approximate surface area is 261 Å². The van der Waals surface area contributed by atoms with Crippen LogP contribution in [0.3, 0.4) is 0 Å². The molecule has 1 amide bonds. The highest BCUT2D eigenvalue weighted by molar-refractivity contribution is 6.30. The molecule has 1 saturated heterocycles. The number of benzene rings is 3. The van der Waals surface area contributed by atoms with Gasteiger partial charge in [-0.05, 0) is 65.7 Å². The fourth-order valence-electron chi connectivity index (χ4n) is 4.34. The molecule has 1 fully saturated rings. The molecule has 3 aromatic rings. The smallest absolute Gasteiger partial charge is 0.328 e. The van der Waals surface area contributed by atoms with Crippen LogP contribution in [-0.4, -0.2) is 80.6 Å². The summed E-state index contributed by atoms with van der Waals surface area (Å²) < 4.78 is 26.5. The normalized spacial score (nSPS) is 13.9. The molecule has 0 atom stereocenters. The van der Waals surface area contributed by atoms with Crippen molar-refractivity contribution in [2.75, 3.05) is 53.8 Å². The number of hydrogen-bond acceptors (Lipinski definition) is 8. The fourth-order valence-corrected chi connectivity index (χ4v) is 4.47. The van der Waals surface area contributed by atoms with E-state index in [-0.39, 0.29) is 31.7 Å². The highest BCUT2D eigenvalue weighted by atomic mass is 35.5. The minimum atomic E-state index is -0.982. The number of carbonyl (C=O) groups is 2. The summed E-state index contributed by atoms with van der Waals surface area (Å²) in [5, 5.41) is 9.10. The summed E-state index contributed by atoms with van der Waals surface area (Å²) in [6, 6.07) is 18.2. The van der Waals surface area contributed by atoms with Gasteiger partial charge in [-0.1, -0.05) is 23.7 Å². The van der Waals surface area contributed by atoms with Crippen molar-refractivity contribution in [1.29, 1.82) is 0 Å².